The predicted octanol–water partition coefficient (Wildman–Crippen LogP) is 9.14. The van der Waals surface area contributed by atoms with E-state index in [-0.39, 0.29) is 54.5 Å². The molecule has 0 unspecified atom stereocenters. The lowest BCUT2D eigenvalue weighted by Crippen LogP contribution is -2.59. The maximum atomic E-state index is 13.2. The van der Waals surface area contributed by atoms with Gasteiger partial charge in [-0.3, -0.25) is 48.4 Å². The molecule has 0 saturated carbocycles. The van der Waals surface area contributed by atoms with Crippen LogP contribution < -0.4 is 21.5 Å². The number of carboxylic acid groups (broad SMARTS) is 1. The van der Waals surface area contributed by atoms with Gasteiger partial charge < -0.3 is 30.7 Å². The smallest absolute Gasteiger partial charge is 0.325 e. The van der Waals surface area contributed by atoms with Gasteiger partial charge in [0.1, 0.15) is 42.3 Å². The minimum absolute atomic E-state index is 0.0245. The van der Waals surface area contributed by atoms with Crippen molar-refractivity contribution < 1.29 is 58.4 Å². The summed E-state index contributed by atoms with van der Waals surface area (Å²) in [7, 11) is 0. The quantitative estimate of drug-likeness (QED) is 0.0241. The molecule has 462 valence electrons. The van der Waals surface area contributed by atoms with E-state index < -0.39 is 82.4 Å². The van der Waals surface area contributed by atoms with E-state index in [1.54, 1.807) is 27.7 Å². The largest absolute Gasteiger partial charge is 0.480 e. The summed E-state index contributed by atoms with van der Waals surface area (Å²) in [6.07, 6.45) is 2.70. The molecule has 0 spiro atoms. The average Bonchev–Trinajstić information content (AvgIpc) is 3.69. The second-order valence-electron chi connectivity index (χ2n) is 22.8. The van der Waals surface area contributed by atoms with E-state index in [1.807, 2.05) is 125 Å². The van der Waals surface area contributed by atoms with Gasteiger partial charge in [0.05, 0.1) is 12.2 Å². The normalized spacial score (nSPS) is 17.5. The summed E-state index contributed by atoms with van der Waals surface area (Å²) in [5.74, 6) is -4.70. The topological polar surface area (TPSA) is 261 Å². The number of Topliss-reactive ketones (excluding diaryl/α,β-unsaturated/α-hetero) is 2. The molecule has 2 saturated heterocycles. The van der Waals surface area contributed by atoms with Crippen LogP contribution in [-0.2, 0) is 55.9 Å². The van der Waals surface area contributed by atoms with Gasteiger partial charge >= 0.3 is 11.9 Å². The van der Waals surface area contributed by atoms with Gasteiger partial charge in [0.15, 0.2) is 0 Å². The van der Waals surface area contributed by atoms with Crippen LogP contribution in [0.4, 0.5) is 0 Å². The number of rotatable bonds is 25. The molecule has 8 atom stereocenters. The number of nitrogens with zero attached hydrogens (tertiary/aromatic N) is 2. The molecule has 0 radical (unpaired) electrons. The molecule has 4 amide bonds. The van der Waals surface area contributed by atoms with E-state index in [9.17, 15) is 53.7 Å². The summed E-state index contributed by atoms with van der Waals surface area (Å²) in [6, 6.07) is 28.1. The summed E-state index contributed by atoms with van der Waals surface area (Å²) < 4.78 is 3.29. The van der Waals surface area contributed by atoms with Crippen LogP contribution >= 0.6 is 34.8 Å². The Morgan fingerprint density at radius 2 is 0.965 bits per heavy atom. The summed E-state index contributed by atoms with van der Waals surface area (Å²) in [4.78, 5) is 102. The number of aliphatic hydroxyl groups excluding tert-OH is 2. The number of benzene rings is 4. The van der Waals surface area contributed by atoms with Crippen LogP contribution in [0.1, 0.15) is 141 Å². The number of carbonyl (C=O) groups excluding carboxylic acids is 7. The van der Waals surface area contributed by atoms with E-state index in [4.69, 9.17) is 39.5 Å². The van der Waals surface area contributed by atoms with E-state index in [0.717, 1.165) is 44.5 Å². The molecule has 0 aromatic heterocycles. The molecule has 2 aliphatic rings. The predicted molar refractivity (Wildman–Crippen MR) is 327 cm³/mol. The van der Waals surface area contributed by atoms with Gasteiger partial charge in [0, 0.05) is 50.6 Å². The first-order chi connectivity index (χ1) is 40.1. The van der Waals surface area contributed by atoms with Crippen LogP contribution in [0.5, 0.6) is 0 Å². The maximum Gasteiger partial charge on any atom is 0.325 e. The molecule has 2 heterocycles. The summed E-state index contributed by atoms with van der Waals surface area (Å²) in [5, 5.41) is 37.0. The highest BCUT2D eigenvalue weighted by Crippen LogP contribution is 2.29. The van der Waals surface area contributed by atoms with Gasteiger partial charge in [-0.05, 0) is 135 Å². The Balaban J connectivity index is 0.000000313. The Morgan fingerprint density at radius 3 is 1.33 bits per heavy atom. The monoisotopic (exact) mass is 1230 g/mol. The van der Waals surface area contributed by atoms with Crippen LogP contribution in [0.3, 0.4) is 0 Å². The van der Waals surface area contributed by atoms with Crippen molar-refractivity contribution in [3.63, 3.8) is 0 Å². The van der Waals surface area contributed by atoms with Crippen LogP contribution in [-0.4, -0.2) is 120 Å². The first-order valence-corrected chi connectivity index (χ1v) is 30.2. The third kappa shape index (κ3) is 22.2. The second kappa shape index (κ2) is 33.0. The third-order valence-electron chi connectivity index (χ3n) is 15.2. The zero-order valence-electron chi connectivity index (χ0n) is 49.7. The Bertz CT molecular complexity index is 2920. The molecule has 4 aromatic carbocycles. The molecule has 6 rings (SSSR count). The number of esters is 1. The summed E-state index contributed by atoms with van der Waals surface area (Å²) >= 11 is 16.9. The highest BCUT2D eigenvalue weighted by atomic mass is 35.6. The van der Waals surface area contributed by atoms with Crippen molar-refractivity contribution in [2.24, 2.45) is 23.7 Å². The number of carboxylic acids is 1. The van der Waals surface area contributed by atoms with Gasteiger partial charge in [0.2, 0.25) is 15.6 Å². The molecule has 21 heteroatoms. The lowest BCUT2D eigenvalue weighted by molar-refractivity contribution is -0.153. The first kappa shape index (κ1) is 69.5. The standard InChI is InChI=1S/C33H42Cl3N3O6.C31H41N3O6/c1-20(2)28(18-27(41)15-12-23-10-13-24(14-11-23)26-8-5-7-25(17-26)22(4)40)30(42)37-21(3)31(43)39-16-6-9-29(38-39)32(44)45-19-33(34,35)36;1-19(2)27(29(37)32-20(3)30(38)34-16-6-9-28(33-34)31(39)40)18-26(36)15-12-22-10-13-23(14-11-22)25-8-5-7-24(17-25)21(4)35/h5,7-8,10-11,13-14,17,20-22,28-29,38,40H,6,9,12,15-16,18-19H2,1-4H3,(H,37,42);5,7-8,10-11,13-14,17,19-21,27-28,33,35H,6,9,12,15-16,18H2,1-4H3,(H,32,37)(H,39,40)/t21-,22+,28-,29-;20-,21+,27-,28-/m00/s1. The fraction of sp³-hybridized carbons (Fsp3) is 0.500. The van der Waals surface area contributed by atoms with Crippen molar-refractivity contribution in [2.45, 2.75) is 160 Å². The highest BCUT2D eigenvalue weighted by molar-refractivity contribution is 6.67. The van der Waals surface area contributed by atoms with Gasteiger partial charge in [0.25, 0.3) is 11.8 Å². The fourth-order valence-corrected chi connectivity index (χ4v) is 10.1. The number of hydrazine groups is 2. The second-order valence-corrected chi connectivity index (χ2v) is 25.3. The maximum absolute atomic E-state index is 13.2. The number of aryl methyl sites for hydroxylation is 2. The number of aliphatic hydroxyl groups is 2. The molecule has 2 fully saturated rings. The molecule has 85 heavy (non-hydrogen) atoms. The summed E-state index contributed by atoms with van der Waals surface area (Å²) in [5.41, 5.74) is 13.3. The van der Waals surface area contributed by atoms with Crippen molar-refractivity contribution in [2.75, 3.05) is 19.7 Å². The van der Waals surface area contributed by atoms with E-state index in [0.29, 0.717) is 58.0 Å². The number of aliphatic carboxylic acids is 1. The van der Waals surface area contributed by atoms with Crippen LogP contribution in [0, 0.1) is 23.7 Å². The molecular formula is C64H83Cl3N6O12. The summed E-state index contributed by atoms with van der Waals surface area (Å²) in [6.45, 7) is 14.4. The highest BCUT2D eigenvalue weighted by Gasteiger charge is 2.36. The van der Waals surface area contributed by atoms with Crippen molar-refractivity contribution in [1.29, 1.82) is 0 Å². The van der Waals surface area contributed by atoms with Crippen molar-refractivity contribution in [3.8, 4) is 22.3 Å². The van der Waals surface area contributed by atoms with Crippen LogP contribution in [0.2, 0.25) is 0 Å². The van der Waals surface area contributed by atoms with Gasteiger partial charge in [-0.15, -0.1) is 0 Å². The first-order valence-electron chi connectivity index (χ1n) is 29.1. The number of alkyl halides is 3. The number of ketones is 2. The molecule has 0 aliphatic carbocycles. The lowest BCUT2D eigenvalue weighted by atomic mass is 9.88. The van der Waals surface area contributed by atoms with Crippen LogP contribution in [0.15, 0.2) is 97.1 Å². The van der Waals surface area contributed by atoms with E-state index in [2.05, 4.69) is 21.5 Å². The van der Waals surface area contributed by atoms with Crippen molar-refractivity contribution in [1.82, 2.24) is 31.5 Å². The van der Waals surface area contributed by atoms with E-state index >= 15 is 0 Å². The number of nitrogens with one attached hydrogen (secondary N) is 4. The molecule has 18 nitrogen and oxygen atoms in total. The zero-order valence-corrected chi connectivity index (χ0v) is 52.0. The van der Waals surface area contributed by atoms with Crippen molar-refractivity contribution >= 4 is 81.9 Å². The van der Waals surface area contributed by atoms with Gasteiger partial charge in [-0.25, -0.2) is 10.9 Å². The van der Waals surface area contributed by atoms with Gasteiger partial charge in [-0.2, -0.15) is 0 Å². The van der Waals surface area contributed by atoms with Crippen molar-refractivity contribution in [3.05, 3.63) is 119 Å². The molecule has 4 aromatic rings. The molecule has 7 N–H and O–H groups in total. The SMILES string of the molecule is CC(C)[C@H](CC(=O)CCc1ccc(-c2cccc([C@@H](C)O)c2)cc1)C(=O)N[C@@H](C)C(=O)N1CCC[C@@H](C(=O)O)N1.CC(C)[C@H](CC(=O)CCc1ccc(-c2cccc([C@@H](C)O)c2)cc1)C(=O)N[C@@H](C)C(=O)N1CCC[C@@H](C(=O)OCC(Cl)(Cl)Cl)N1. The number of halogens is 3. The minimum Gasteiger partial charge on any atom is -0.480 e. The van der Waals surface area contributed by atoms with Gasteiger partial charge in [-0.1, -0.05) is 147 Å². The Labute approximate surface area is 514 Å². The minimum atomic E-state index is -1.74. The number of carbonyl (C=O) groups is 8. The number of amides is 4. The molecule has 0 bridgehead atoms. The number of ether oxygens (including phenoxy) is 1. The number of hydrogen-bond donors (Lipinski definition) is 7. The Hall–Kier alpha value is -6.25. The fourth-order valence-electron chi connectivity index (χ4n) is 9.93. The lowest BCUT2D eigenvalue weighted by Gasteiger charge is -2.34. The molecule has 2 aliphatic heterocycles. The zero-order chi connectivity index (χ0) is 62.7. The Morgan fingerprint density at radius 1 is 0.576 bits per heavy atom. The van der Waals surface area contributed by atoms with Crippen LogP contribution in [0.25, 0.3) is 22.3 Å². The number of hydrogen-bond acceptors (Lipinski definition) is 13. The Kier molecular flexibility index (Phi) is 27.0. The van der Waals surface area contributed by atoms with E-state index in [1.165, 1.54) is 10.0 Å². The molecular weight excluding hydrogens is 1150 g/mol. The third-order valence-corrected chi connectivity index (χ3v) is 15.5. The average molecular weight is 1230 g/mol.